The number of carbonyl (C=O) groups excluding carboxylic acids is 2. The smallest absolute Gasteiger partial charge is 0.329 e. The molecule has 0 radical (unpaired) electrons. The van der Waals surface area contributed by atoms with E-state index in [2.05, 4.69) is 0 Å². The fraction of sp³-hybridized carbons (Fsp3) is 0.500. The maximum absolute atomic E-state index is 12.5. The average molecular weight is 323 g/mol. The third kappa shape index (κ3) is 4.06. The summed E-state index contributed by atoms with van der Waals surface area (Å²) in [4.78, 5) is 35.2. The lowest BCUT2D eigenvalue weighted by Gasteiger charge is -2.26. The van der Waals surface area contributed by atoms with E-state index in [9.17, 15) is 19.7 Å². The number of nitro benzene ring substituents is 1. The van der Waals surface area contributed by atoms with E-state index in [4.69, 9.17) is 9.47 Å². The molecule has 0 unspecified atom stereocenters. The minimum atomic E-state index is -1.46. The number of nitro groups is 1. The Balaban J connectivity index is 3.08. The highest BCUT2D eigenvalue weighted by molar-refractivity contribution is 6.01. The standard InChI is InChI=1S/C16H21NO6/c1-4-11-22-14(18)16(5-2,6-3)15(19)23-13-10-8-7-9-12(13)17(20)21/h7-10H,4-6,11H2,1-3H3. The summed E-state index contributed by atoms with van der Waals surface area (Å²) in [5, 5.41) is 11.0. The van der Waals surface area contributed by atoms with Gasteiger partial charge in [-0.15, -0.1) is 0 Å². The number of carbonyl (C=O) groups is 2. The largest absolute Gasteiger partial charge is 0.465 e. The molecule has 0 heterocycles. The van der Waals surface area contributed by atoms with Gasteiger partial charge in [-0.2, -0.15) is 0 Å². The predicted molar refractivity (Wildman–Crippen MR) is 83.0 cm³/mol. The molecule has 1 aromatic carbocycles. The average Bonchev–Trinajstić information content (AvgIpc) is 2.54. The summed E-state index contributed by atoms with van der Waals surface area (Å²) >= 11 is 0. The summed E-state index contributed by atoms with van der Waals surface area (Å²) in [5.74, 6) is -1.68. The van der Waals surface area contributed by atoms with Gasteiger partial charge in [-0.05, 0) is 25.3 Å². The van der Waals surface area contributed by atoms with Gasteiger partial charge in [0.15, 0.2) is 5.41 Å². The number of para-hydroxylation sites is 2. The molecule has 0 atom stereocenters. The zero-order valence-electron chi connectivity index (χ0n) is 13.5. The number of hydrogen-bond acceptors (Lipinski definition) is 6. The highest BCUT2D eigenvalue weighted by Crippen LogP contribution is 2.33. The third-order valence-electron chi connectivity index (χ3n) is 3.69. The number of hydrogen-bond donors (Lipinski definition) is 0. The number of rotatable bonds is 8. The lowest BCUT2D eigenvalue weighted by molar-refractivity contribution is -0.385. The second-order valence-corrected chi connectivity index (χ2v) is 5.04. The molecule has 1 rings (SSSR count). The van der Waals surface area contributed by atoms with Crippen molar-refractivity contribution >= 4 is 17.6 Å². The predicted octanol–water partition coefficient (Wildman–Crippen LogP) is 3.26. The van der Waals surface area contributed by atoms with Crippen LogP contribution in [0.2, 0.25) is 0 Å². The van der Waals surface area contributed by atoms with E-state index < -0.39 is 22.3 Å². The van der Waals surface area contributed by atoms with Crippen LogP contribution >= 0.6 is 0 Å². The molecule has 0 aliphatic heterocycles. The molecule has 7 nitrogen and oxygen atoms in total. The van der Waals surface area contributed by atoms with Gasteiger partial charge in [-0.3, -0.25) is 19.7 Å². The molecule has 126 valence electrons. The van der Waals surface area contributed by atoms with Gasteiger partial charge in [-0.25, -0.2) is 0 Å². The number of nitrogens with zero attached hydrogens (tertiary/aromatic N) is 1. The Morgan fingerprint density at radius 1 is 1.13 bits per heavy atom. The van der Waals surface area contributed by atoms with E-state index in [1.165, 1.54) is 24.3 Å². The van der Waals surface area contributed by atoms with Gasteiger partial charge in [0.1, 0.15) is 0 Å². The van der Waals surface area contributed by atoms with Crippen molar-refractivity contribution in [3.05, 3.63) is 34.4 Å². The van der Waals surface area contributed by atoms with Crippen molar-refractivity contribution < 1.29 is 24.0 Å². The first-order valence-corrected chi connectivity index (χ1v) is 7.55. The third-order valence-corrected chi connectivity index (χ3v) is 3.69. The molecule has 0 saturated carbocycles. The van der Waals surface area contributed by atoms with E-state index in [-0.39, 0.29) is 30.9 Å². The molecule has 0 fully saturated rings. The SMILES string of the molecule is CCCOC(=O)C(CC)(CC)C(=O)Oc1ccccc1[N+](=O)[O-]. The Kier molecular flexibility index (Phi) is 6.68. The monoisotopic (exact) mass is 323 g/mol. The van der Waals surface area contributed by atoms with Crippen molar-refractivity contribution in [3.63, 3.8) is 0 Å². The van der Waals surface area contributed by atoms with Crippen LogP contribution in [0.15, 0.2) is 24.3 Å². The molecule has 0 aromatic heterocycles. The fourth-order valence-electron chi connectivity index (χ4n) is 2.14. The van der Waals surface area contributed by atoms with Crippen molar-refractivity contribution in [1.29, 1.82) is 0 Å². The molecule has 0 bridgehead atoms. The van der Waals surface area contributed by atoms with Crippen LogP contribution in [-0.2, 0) is 14.3 Å². The van der Waals surface area contributed by atoms with E-state index in [1.807, 2.05) is 6.92 Å². The quantitative estimate of drug-likeness (QED) is 0.239. The second-order valence-electron chi connectivity index (χ2n) is 5.04. The van der Waals surface area contributed by atoms with Crippen LogP contribution in [0.25, 0.3) is 0 Å². The fourth-order valence-corrected chi connectivity index (χ4v) is 2.14. The maximum Gasteiger partial charge on any atom is 0.329 e. The van der Waals surface area contributed by atoms with Gasteiger partial charge in [0.2, 0.25) is 5.75 Å². The first-order chi connectivity index (χ1) is 10.9. The van der Waals surface area contributed by atoms with Crippen molar-refractivity contribution in [1.82, 2.24) is 0 Å². The van der Waals surface area contributed by atoms with Gasteiger partial charge < -0.3 is 9.47 Å². The first kappa shape index (κ1) is 18.6. The Bertz CT molecular complexity index is 580. The lowest BCUT2D eigenvalue weighted by Crippen LogP contribution is -2.42. The summed E-state index contributed by atoms with van der Waals surface area (Å²) < 4.78 is 10.3. The summed E-state index contributed by atoms with van der Waals surface area (Å²) in [6.45, 7) is 5.41. The van der Waals surface area contributed by atoms with Gasteiger partial charge in [-0.1, -0.05) is 32.9 Å². The molecule has 0 spiro atoms. The molecule has 1 aromatic rings. The Labute approximate surface area is 134 Å². The van der Waals surface area contributed by atoms with Crippen LogP contribution in [0.1, 0.15) is 40.0 Å². The zero-order chi connectivity index (χ0) is 17.5. The van der Waals surface area contributed by atoms with E-state index in [0.717, 1.165) is 0 Å². The van der Waals surface area contributed by atoms with Crippen molar-refractivity contribution in [2.24, 2.45) is 5.41 Å². The number of benzene rings is 1. The van der Waals surface area contributed by atoms with Crippen LogP contribution < -0.4 is 4.74 Å². The molecule has 23 heavy (non-hydrogen) atoms. The maximum atomic E-state index is 12.5. The molecule has 0 aliphatic carbocycles. The van der Waals surface area contributed by atoms with Crippen LogP contribution in [0.4, 0.5) is 5.69 Å². The normalized spacial score (nSPS) is 10.9. The molecule has 0 amide bonds. The van der Waals surface area contributed by atoms with Crippen molar-refractivity contribution in [2.45, 2.75) is 40.0 Å². The van der Waals surface area contributed by atoms with Gasteiger partial charge in [0.05, 0.1) is 11.5 Å². The number of ether oxygens (including phenoxy) is 2. The summed E-state index contributed by atoms with van der Waals surface area (Å²) in [7, 11) is 0. The Morgan fingerprint density at radius 3 is 2.26 bits per heavy atom. The van der Waals surface area contributed by atoms with E-state index in [1.54, 1.807) is 13.8 Å². The van der Waals surface area contributed by atoms with Crippen LogP contribution in [-0.4, -0.2) is 23.5 Å². The first-order valence-electron chi connectivity index (χ1n) is 7.55. The molecule has 0 saturated heterocycles. The summed E-state index contributed by atoms with van der Waals surface area (Å²) in [5.41, 5.74) is -1.79. The molecule has 0 N–H and O–H groups in total. The Hall–Kier alpha value is -2.44. The van der Waals surface area contributed by atoms with Gasteiger partial charge in [0, 0.05) is 6.07 Å². The highest BCUT2D eigenvalue weighted by Gasteiger charge is 2.46. The molecular weight excluding hydrogens is 302 g/mol. The van der Waals surface area contributed by atoms with Gasteiger partial charge in [0.25, 0.3) is 0 Å². The topological polar surface area (TPSA) is 95.7 Å². The van der Waals surface area contributed by atoms with Crippen molar-refractivity contribution in [3.8, 4) is 5.75 Å². The minimum Gasteiger partial charge on any atom is -0.465 e. The summed E-state index contributed by atoms with van der Waals surface area (Å²) in [6, 6.07) is 5.55. The minimum absolute atomic E-state index is 0.183. The zero-order valence-corrected chi connectivity index (χ0v) is 13.5. The second kappa shape index (κ2) is 8.26. The number of esters is 2. The lowest BCUT2D eigenvalue weighted by atomic mass is 9.82. The van der Waals surface area contributed by atoms with Crippen LogP contribution in [0, 0.1) is 15.5 Å². The summed E-state index contributed by atoms with van der Waals surface area (Å²) in [6.07, 6.45) is 1.01. The Morgan fingerprint density at radius 2 is 1.74 bits per heavy atom. The van der Waals surface area contributed by atoms with Crippen LogP contribution in [0.3, 0.4) is 0 Å². The molecule has 7 heteroatoms. The van der Waals surface area contributed by atoms with Crippen molar-refractivity contribution in [2.75, 3.05) is 6.61 Å². The van der Waals surface area contributed by atoms with Crippen LogP contribution in [0.5, 0.6) is 5.75 Å². The molecular formula is C16H21NO6. The van der Waals surface area contributed by atoms with Gasteiger partial charge >= 0.3 is 17.6 Å². The van der Waals surface area contributed by atoms with E-state index >= 15 is 0 Å². The molecule has 0 aliphatic rings. The highest BCUT2D eigenvalue weighted by atomic mass is 16.6. The van der Waals surface area contributed by atoms with E-state index in [0.29, 0.717) is 6.42 Å².